The fourth-order valence-corrected chi connectivity index (χ4v) is 22.8. The SMILES string of the molecule is CCCCOCCC(=O)N1C[C@H]2CC(N(C)c3ncnc4[nH]ccc34)C[C@H]2C1.CC[C@H](O)C(=O)N1C[C@H]2CC(N(C)c3ncnc4[nH]ccc34)C[C@H]2C1.CN(c1ncnc2[nH]ccc12)C1C[C@@H]2CN(C(=O)[C@H](O)C(F)(F)F)C[C@@H]2C1.CN(c1ncnc2[nH]ccc12)C1C[C@@H]2CN(C(=O)[C@H](O)CO)C[C@@H]2C1.CN(c1ncnc2[nH]ccc12)C1C[C@@H]2CN(C(=O)c3ccccc3)C[C@@H]2C1. The first kappa shape index (κ1) is 92.1. The first-order valence-electron chi connectivity index (χ1n) is 46.6. The van der Waals surface area contributed by atoms with Gasteiger partial charge < -0.3 is 99.1 Å². The van der Waals surface area contributed by atoms with Crippen molar-refractivity contribution in [2.75, 3.05) is 145 Å². The lowest BCUT2D eigenvalue weighted by atomic mass is 10.0. The van der Waals surface area contributed by atoms with Crippen LogP contribution < -0.4 is 24.5 Å². The number of alkyl halides is 3. The molecule has 15 heterocycles. The van der Waals surface area contributed by atoms with Gasteiger partial charge in [0.1, 0.15) is 95.1 Å². The third kappa shape index (κ3) is 19.4. The lowest BCUT2D eigenvalue weighted by Gasteiger charge is -2.28. The first-order chi connectivity index (χ1) is 63.8. The highest BCUT2D eigenvalue weighted by atomic mass is 19.4. The van der Waals surface area contributed by atoms with E-state index in [0.717, 1.165) is 218 Å². The molecule has 0 spiro atoms. The summed E-state index contributed by atoms with van der Waals surface area (Å²) in [5.41, 5.74) is 5.01. The van der Waals surface area contributed by atoms with Crippen LogP contribution in [0.25, 0.3) is 55.2 Å². The van der Waals surface area contributed by atoms with Crippen molar-refractivity contribution >= 4 is 114 Å². The number of unbranched alkanes of at least 4 members (excludes halogenated alkanes) is 1. The Balaban J connectivity index is 0.000000115. The smallest absolute Gasteiger partial charge is 0.393 e. The minimum Gasteiger partial charge on any atom is -0.393 e. The number of likely N-dealkylation sites (tertiary alicyclic amines) is 5. The molecule has 35 nitrogen and oxygen atoms in total. The van der Waals surface area contributed by atoms with E-state index in [4.69, 9.17) is 9.84 Å². The van der Waals surface area contributed by atoms with Crippen LogP contribution in [-0.2, 0) is 23.9 Å². The molecular formula is C94H122F3N25O10. The van der Waals surface area contributed by atoms with Crippen LogP contribution >= 0.6 is 0 Å². The van der Waals surface area contributed by atoms with Gasteiger partial charge in [-0.2, -0.15) is 13.2 Å². The summed E-state index contributed by atoms with van der Waals surface area (Å²) in [6.45, 7) is 11.7. The van der Waals surface area contributed by atoms with E-state index in [1.54, 1.807) is 36.4 Å². The second-order valence-corrected chi connectivity index (χ2v) is 37.9. The standard InChI is InChI=1S/C21H31N5O2.C21H23N5O.C18H25N5O2.C17H20F3N5O2.C17H23N5O3/c1-3-4-8-28-9-6-19(27)26-12-15-10-17(11-16(15)13-26)25(2)21-18-5-7-22-20(18)23-14-24-21;1-25(20-18-7-8-22-19(18)23-13-24-20)17-9-15-11-26(12-16(15)10-17)21(27)14-5-3-2-4-6-14;1-3-15(24)18(25)23-8-11-6-13(7-12(11)9-23)22(2)17-14-4-5-19-16(14)20-10-21-17;1-24(15-12-2-3-21-14(12)22-8-23-15)11-4-9-6-25(7-10(9)5-11)16(27)13(26)17(18,19)20;1-21(16-13-2-3-18-15(13)19-9-20-16)12-4-10-6-22(7-11(10)5-12)17(25)14(24)8-23/h5,7,14-17H,3-4,6,8-13H2,1-2H3,(H,22,23,24);2-8,13,15-17H,9-12H2,1H3,(H,22,23,24);4-5,10-13,15,24H,3,6-9H2,1-2H3,(H,19,20,21);2-3,8-11,13,26H,4-7H2,1H3,(H,21,22,23);2-3,9-12,14,23-24H,4-8H2,1H3,(H,18,19,20)/t2*15-,16+,17?;11-,12+,13?,15-;9-,10+,11?,13-;10-,11+,12?,14-/m..001/s1. The van der Waals surface area contributed by atoms with Crippen LogP contribution in [0.2, 0.25) is 0 Å². The van der Waals surface area contributed by atoms with Crippen LogP contribution in [0.1, 0.15) is 114 Å². The second kappa shape index (κ2) is 40.0. The maximum Gasteiger partial charge on any atom is 0.423 e. The van der Waals surface area contributed by atoms with E-state index < -0.39 is 37.0 Å². The molecule has 10 aliphatic rings. The summed E-state index contributed by atoms with van der Waals surface area (Å²) in [7, 11) is 10.4. The molecule has 132 heavy (non-hydrogen) atoms. The molecule has 5 aliphatic heterocycles. The third-order valence-corrected chi connectivity index (χ3v) is 30.1. The van der Waals surface area contributed by atoms with Crippen LogP contribution in [0, 0.1) is 59.2 Å². The fraction of sp³-hybridized carbons (Fsp3) is 0.564. The van der Waals surface area contributed by atoms with Gasteiger partial charge in [0.05, 0.1) is 46.6 Å². The zero-order valence-corrected chi connectivity index (χ0v) is 75.8. The Hall–Kier alpha value is -11.7. The molecule has 18 atom stereocenters. The number of ether oxygens (including phenoxy) is 1. The van der Waals surface area contributed by atoms with Crippen molar-refractivity contribution in [3.63, 3.8) is 0 Å². The Morgan fingerprint density at radius 2 is 0.674 bits per heavy atom. The van der Waals surface area contributed by atoms with Gasteiger partial charge in [-0.25, -0.2) is 49.8 Å². The molecule has 0 bridgehead atoms. The van der Waals surface area contributed by atoms with Crippen LogP contribution in [0.15, 0.2) is 123 Å². The highest BCUT2D eigenvalue weighted by molar-refractivity contribution is 5.95. The van der Waals surface area contributed by atoms with E-state index in [-0.39, 0.29) is 54.6 Å². The van der Waals surface area contributed by atoms with Gasteiger partial charge in [-0.3, -0.25) is 24.0 Å². The maximum absolute atomic E-state index is 12.7. The molecule has 5 amide bonds. The number of aromatic amines is 5. The number of aliphatic hydroxyl groups excluding tert-OH is 4. The van der Waals surface area contributed by atoms with Crippen LogP contribution in [0.5, 0.6) is 0 Å². The third-order valence-electron chi connectivity index (χ3n) is 30.1. The van der Waals surface area contributed by atoms with E-state index in [9.17, 15) is 52.5 Å². The second-order valence-electron chi connectivity index (χ2n) is 37.9. The van der Waals surface area contributed by atoms with Crippen molar-refractivity contribution in [1.29, 1.82) is 0 Å². The highest BCUT2D eigenvalue weighted by Gasteiger charge is 2.52. The van der Waals surface area contributed by atoms with Crippen LogP contribution in [0.3, 0.4) is 0 Å². The highest BCUT2D eigenvalue weighted by Crippen LogP contribution is 2.48. The number of amides is 5. The molecule has 21 rings (SSSR count). The van der Waals surface area contributed by atoms with Gasteiger partial charge in [-0.1, -0.05) is 38.5 Å². The Morgan fingerprint density at radius 3 is 0.955 bits per heavy atom. The number of anilines is 5. The number of carbonyl (C=O) groups is 5. The quantitative estimate of drug-likeness (QED) is 0.0286. The monoisotopic (exact) mass is 1820 g/mol. The maximum atomic E-state index is 12.7. The van der Waals surface area contributed by atoms with Gasteiger partial charge in [0.2, 0.25) is 12.0 Å². The van der Waals surface area contributed by atoms with E-state index >= 15 is 0 Å². The molecule has 5 saturated heterocycles. The molecular weight excluding hydrogens is 1700 g/mol. The summed E-state index contributed by atoms with van der Waals surface area (Å²) >= 11 is 0. The molecule has 5 saturated carbocycles. The Kier molecular flexibility index (Phi) is 27.9. The average Bonchev–Trinajstić information content (AvgIpc) is 1.64. The average molecular weight is 1820 g/mol. The van der Waals surface area contributed by atoms with E-state index in [0.29, 0.717) is 104 Å². The first-order valence-corrected chi connectivity index (χ1v) is 46.6. The van der Waals surface area contributed by atoms with Crippen LogP contribution in [-0.4, -0.2) is 324 Å². The summed E-state index contributed by atoms with van der Waals surface area (Å²) in [4.78, 5) is 141. The molecule has 38 heteroatoms. The topological polar surface area (TPSA) is 416 Å². The number of hydrogen-bond acceptors (Lipinski definition) is 25. The number of aromatic nitrogens is 15. The zero-order valence-electron chi connectivity index (χ0n) is 75.8. The largest absolute Gasteiger partial charge is 0.423 e. The van der Waals surface area contributed by atoms with Gasteiger partial charge in [-0.15, -0.1) is 0 Å². The number of nitrogens with one attached hydrogen (secondary N) is 5. The van der Waals surface area contributed by atoms with Gasteiger partial charge in [0.25, 0.3) is 23.6 Å². The van der Waals surface area contributed by atoms with Crippen molar-refractivity contribution in [2.24, 2.45) is 59.2 Å². The number of carbonyl (C=O) groups excluding carboxylic acids is 5. The Labute approximate surface area is 763 Å². The van der Waals surface area contributed by atoms with Crippen LogP contribution in [0.4, 0.5) is 42.3 Å². The Bertz CT molecular complexity index is 5600. The zero-order chi connectivity index (χ0) is 92.3. The fourth-order valence-electron chi connectivity index (χ4n) is 22.8. The van der Waals surface area contributed by atoms with Gasteiger partial charge in [0, 0.05) is 174 Å². The molecule has 1 aromatic carbocycles. The molecule has 704 valence electrons. The predicted octanol–water partition coefficient (Wildman–Crippen LogP) is 8.72. The molecule has 11 aromatic rings. The summed E-state index contributed by atoms with van der Waals surface area (Å²) in [5, 5.41) is 42.6. The van der Waals surface area contributed by atoms with Gasteiger partial charge >= 0.3 is 6.18 Å². The summed E-state index contributed by atoms with van der Waals surface area (Å²) in [5.74, 6) is 7.92. The number of fused-ring (bicyclic) bond motifs is 10. The lowest BCUT2D eigenvalue weighted by molar-refractivity contribution is -0.210. The number of hydrogen-bond donors (Lipinski definition) is 9. The van der Waals surface area contributed by atoms with Crippen molar-refractivity contribution in [1.82, 2.24) is 99.3 Å². The molecule has 10 fully saturated rings. The number of aliphatic hydroxyl groups is 4. The van der Waals surface area contributed by atoms with E-state index in [1.165, 1.54) is 6.33 Å². The summed E-state index contributed by atoms with van der Waals surface area (Å²) in [6.07, 6.45) is 20.6. The van der Waals surface area contributed by atoms with Crippen molar-refractivity contribution < 1.29 is 62.3 Å². The minimum atomic E-state index is -4.92. The summed E-state index contributed by atoms with van der Waals surface area (Å²) < 4.78 is 43.3. The number of benzene rings is 1. The van der Waals surface area contributed by atoms with Gasteiger partial charge in [-0.05, 0) is 179 Å². The van der Waals surface area contributed by atoms with E-state index in [2.05, 4.69) is 139 Å². The molecule has 5 unspecified atom stereocenters. The van der Waals surface area contributed by atoms with Crippen molar-refractivity contribution in [3.8, 4) is 0 Å². The number of nitrogens with zero attached hydrogens (tertiary/aromatic N) is 20. The molecule has 5 aliphatic carbocycles. The van der Waals surface area contributed by atoms with Crippen molar-refractivity contribution in [2.45, 2.75) is 158 Å². The molecule has 10 aromatic heterocycles. The summed E-state index contributed by atoms with van der Waals surface area (Å²) in [6, 6.07) is 21.6. The molecule has 0 radical (unpaired) electrons. The number of halogens is 3. The lowest BCUT2D eigenvalue weighted by Crippen LogP contribution is -2.46. The Morgan fingerprint density at radius 1 is 0.394 bits per heavy atom. The number of H-pyrrole nitrogens is 5. The predicted molar refractivity (Wildman–Crippen MR) is 492 cm³/mol. The van der Waals surface area contributed by atoms with Gasteiger partial charge in [0.15, 0.2) is 6.10 Å². The number of rotatable bonds is 22. The molecule has 9 N–H and O–H groups in total. The minimum absolute atomic E-state index is 0.105. The van der Waals surface area contributed by atoms with Crippen molar-refractivity contribution in [3.05, 3.63) is 129 Å². The van der Waals surface area contributed by atoms with E-state index in [1.807, 2.05) is 109 Å². The normalized spacial score (nSPS) is 25.7.